The Hall–Kier alpha value is -0.540. The van der Waals surface area contributed by atoms with Gasteiger partial charge >= 0.3 is 0 Å². The molecule has 0 saturated carbocycles. The summed E-state index contributed by atoms with van der Waals surface area (Å²) in [4.78, 5) is 4.16. The maximum Gasteiger partial charge on any atom is 0.128 e. The summed E-state index contributed by atoms with van der Waals surface area (Å²) in [7, 11) is 0. The van der Waals surface area contributed by atoms with Crippen molar-refractivity contribution >= 4 is 16.8 Å². The molecule has 1 N–H and O–H groups in total. The molecule has 0 radical (unpaired) electrons. The minimum atomic E-state index is 0.306. The summed E-state index contributed by atoms with van der Waals surface area (Å²) < 4.78 is 0. The van der Waals surface area contributed by atoms with E-state index in [0.717, 1.165) is 29.3 Å². The Bertz CT molecular complexity index is 235. The van der Waals surface area contributed by atoms with Crippen LogP contribution in [0.25, 0.3) is 0 Å². The molecule has 0 bridgehead atoms. The van der Waals surface area contributed by atoms with Gasteiger partial charge in [0, 0.05) is 0 Å². The number of hydrogen-bond acceptors (Lipinski definition) is 3. The Morgan fingerprint density at radius 1 is 1.67 bits per heavy atom. The Kier molecular flexibility index (Phi) is 3.12. The van der Waals surface area contributed by atoms with Crippen LogP contribution in [0.15, 0.2) is 16.4 Å². The van der Waals surface area contributed by atoms with Crippen LogP contribution in [-0.4, -0.2) is 22.0 Å². The highest BCUT2D eigenvalue weighted by Gasteiger charge is 2.15. The van der Waals surface area contributed by atoms with Gasteiger partial charge in [0.15, 0.2) is 0 Å². The van der Waals surface area contributed by atoms with Crippen LogP contribution in [0.2, 0.25) is 0 Å². The third-order valence-electron chi connectivity index (χ3n) is 1.83. The molecule has 1 aliphatic heterocycles. The molecule has 0 spiro atoms. The Balaban J connectivity index is 2.84. The maximum absolute atomic E-state index is 9.36. The molecule has 12 heavy (non-hydrogen) atoms. The molecule has 1 rings (SSSR count). The van der Waals surface area contributed by atoms with Gasteiger partial charge in [-0.05, 0) is 13.3 Å². The van der Waals surface area contributed by atoms with E-state index >= 15 is 0 Å². The zero-order chi connectivity index (χ0) is 9.14. The van der Waals surface area contributed by atoms with E-state index in [-0.39, 0.29) is 0 Å². The summed E-state index contributed by atoms with van der Waals surface area (Å²) in [6, 6.07) is 0. The fourth-order valence-electron chi connectivity index (χ4n) is 1.13. The van der Waals surface area contributed by atoms with Crippen molar-refractivity contribution in [1.29, 1.82) is 0 Å². The van der Waals surface area contributed by atoms with E-state index in [1.54, 1.807) is 0 Å². The lowest BCUT2D eigenvalue weighted by Gasteiger charge is -2.23. The number of rotatable bonds is 2. The van der Waals surface area contributed by atoms with Gasteiger partial charge in [-0.2, -0.15) is 0 Å². The Morgan fingerprint density at radius 3 is 2.92 bits per heavy atom. The van der Waals surface area contributed by atoms with E-state index in [1.165, 1.54) is 0 Å². The van der Waals surface area contributed by atoms with Crippen molar-refractivity contribution in [3.05, 3.63) is 11.4 Å². The highest BCUT2D eigenvalue weighted by atomic mass is 35.5. The fraction of sp³-hybridized carbons (Fsp3) is 0.625. The van der Waals surface area contributed by atoms with E-state index in [0.29, 0.717) is 11.7 Å². The van der Waals surface area contributed by atoms with E-state index in [4.69, 9.17) is 11.6 Å². The maximum atomic E-state index is 9.36. The first-order valence-corrected chi connectivity index (χ1v) is 4.42. The normalized spacial score (nSPS) is 18.3. The molecule has 0 aromatic rings. The van der Waals surface area contributed by atoms with E-state index in [1.807, 2.05) is 6.92 Å². The van der Waals surface area contributed by atoms with Crippen LogP contribution in [0.1, 0.15) is 26.7 Å². The molecule has 1 heterocycles. The standard InChI is InChI=1S/C8H13ClN2O/c1-3-4-7-6(2)11(12)5-8(9)10-7/h12H,3-5H2,1-2H3. The van der Waals surface area contributed by atoms with Crippen molar-refractivity contribution in [1.82, 2.24) is 5.06 Å². The Labute approximate surface area is 77.3 Å². The molecule has 4 heteroatoms. The van der Waals surface area contributed by atoms with Crippen molar-refractivity contribution in [2.75, 3.05) is 6.54 Å². The van der Waals surface area contributed by atoms with E-state index < -0.39 is 0 Å². The first-order valence-electron chi connectivity index (χ1n) is 4.04. The fourth-order valence-corrected chi connectivity index (χ4v) is 1.34. The van der Waals surface area contributed by atoms with Crippen molar-refractivity contribution in [3.63, 3.8) is 0 Å². The van der Waals surface area contributed by atoms with E-state index in [2.05, 4.69) is 11.9 Å². The number of halogens is 1. The highest BCUT2D eigenvalue weighted by Crippen LogP contribution is 2.20. The van der Waals surface area contributed by atoms with Crippen molar-refractivity contribution in [2.45, 2.75) is 26.7 Å². The SMILES string of the molecule is CCCC1=C(C)N(O)CC(Cl)=N1. The van der Waals surface area contributed by atoms with Gasteiger partial charge in [-0.25, -0.2) is 4.99 Å². The van der Waals surface area contributed by atoms with Crippen LogP contribution >= 0.6 is 11.6 Å². The van der Waals surface area contributed by atoms with Gasteiger partial charge in [-0.3, -0.25) is 10.3 Å². The summed E-state index contributed by atoms with van der Waals surface area (Å²) in [5.41, 5.74) is 1.69. The van der Waals surface area contributed by atoms with Crippen LogP contribution in [0, 0.1) is 0 Å². The lowest BCUT2D eigenvalue weighted by molar-refractivity contribution is -0.0421. The molecule has 0 aliphatic carbocycles. The van der Waals surface area contributed by atoms with Gasteiger partial charge in [0.1, 0.15) is 5.17 Å². The van der Waals surface area contributed by atoms with E-state index in [9.17, 15) is 5.21 Å². The predicted molar refractivity (Wildman–Crippen MR) is 49.4 cm³/mol. The second kappa shape index (κ2) is 3.92. The second-order valence-corrected chi connectivity index (χ2v) is 3.26. The lowest BCUT2D eigenvalue weighted by atomic mass is 10.2. The average Bonchev–Trinajstić information content (AvgIpc) is 2.00. The average molecular weight is 189 g/mol. The molecule has 0 atom stereocenters. The van der Waals surface area contributed by atoms with Gasteiger partial charge in [0.25, 0.3) is 0 Å². The smallest absolute Gasteiger partial charge is 0.128 e. The van der Waals surface area contributed by atoms with Crippen LogP contribution in [0.3, 0.4) is 0 Å². The molecular weight excluding hydrogens is 176 g/mol. The van der Waals surface area contributed by atoms with Crippen LogP contribution < -0.4 is 0 Å². The zero-order valence-electron chi connectivity index (χ0n) is 7.34. The van der Waals surface area contributed by atoms with Gasteiger partial charge in [0.2, 0.25) is 0 Å². The zero-order valence-corrected chi connectivity index (χ0v) is 8.10. The molecule has 0 saturated heterocycles. The number of nitrogens with zero attached hydrogens (tertiary/aromatic N) is 2. The molecule has 0 aromatic carbocycles. The van der Waals surface area contributed by atoms with Crippen LogP contribution in [-0.2, 0) is 0 Å². The molecular formula is C8H13ClN2O. The van der Waals surface area contributed by atoms with Crippen LogP contribution in [0.5, 0.6) is 0 Å². The number of aliphatic imine (C=N–C) groups is 1. The first-order chi connectivity index (χ1) is 5.65. The summed E-state index contributed by atoms with van der Waals surface area (Å²) in [6.07, 6.45) is 1.87. The summed E-state index contributed by atoms with van der Waals surface area (Å²) >= 11 is 5.72. The molecule has 0 unspecified atom stereocenters. The van der Waals surface area contributed by atoms with Crippen molar-refractivity contribution in [3.8, 4) is 0 Å². The van der Waals surface area contributed by atoms with Crippen LogP contribution in [0.4, 0.5) is 0 Å². The third kappa shape index (κ3) is 1.99. The summed E-state index contributed by atoms with van der Waals surface area (Å²) in [5.74, 6) is 0. The number of allylic oxidation sites excluding steroid dienone is 2. The summed E-state index contributed by atoms with van der Waals surface area (Å²) in [6.45, 7) is 4.22. The van der Waals surface area contributed by atoms with Crippen molar-refractivity contribution < 1.29 is 5.21 Å². The van der Waals surface area contributed by atoms with Gasteiger partial charge < -0.3 is 0 Å². The lowest BCUT2D eigenvalue weighted by Crippen LogP contribution is -2.27. The highest BCUT2D eigenvalue weighted by molar-refractivity contribution is 6.66. The second-order valence-electron chi connectivity index (χ2n) is 2.83. The van der Waals surface area contributed by atoms with Gasteiger partial charge in [-0.15, -0.1) is 0 Å². The quantitative estimate of drug-likeness (QED) is 0.722. The molecule has 1 aliphatic rings. The Morgan fingerprint density at radius 2 is 2.33 bits per heavy atom. The van der Waals surface area contributed by atoms with Crippen molar-refractivity contribution in [2.24, 2.45) is 4.99 Å². The largest absolute Gasteiger partial charge is 0.288 e. The molecule has 0 amide bonds. The molecule has 68 valence electrons. The number of hydroxylamine groups is 2. The van der Waals surface area contributed by atoms with Gasteiger partial charge in [0.05, 0.1) is 17.9 Å². The molecule has 0 aromatic heterocycles. The predicted octanol–water partition coefficient (Wildman–Crippen LogP) is 2.36. The minimum Gasteiger partial charge on any atom is -0.288 e. The minimum absolute atomic E-state index is 0.306. The van der Waals surface area contributed by atoms with Gasteiger partial charge in [-0.1, -0.05) is 24.9 Å². The number of hydrogen-bond donors (Lipinski definition) is 1. The first kappa shape index (κ1) is 9.55. The molecule has 3 nitrogen and oxygen atoms in total. The summed E-state index contributed by atoms with van der Waals surface area (Å²) in [5, 5.41) is 10.9. The third-order valence-corrected chi connectivity index (χ3v) is 2.03. The molecule has 0 fully saturated rings. The monoisotopic (exact) mass is 188 g/mol. The topological polar surface area (TPSA) is 35.8 Å².